The number of fused-ring (bicyclic) bond motifs is 1. The second-order valence-electron chi connectivity index (χ2n) is 14.3. The van der Waals surface area contributed by atoms with Gasteiger partial charge in [-0.05, 0) is 50.6 Å². The molecule has 0 saturated carbocycles. The molecule has 5 heterocycles. The van der Waals surface area contributed by atoms with Crippen LogP contribution >= 0.6 is 23.2 Å². The molecule has 2 aromatic carbocycles. The van der Waals surface area contributed by atoms with Crippen molar-refractivity contribution in [3.05, 3.63) is 81.5 Å². The molecule has 4 N–H and O–H groups in total. The van der Waals surface area contributed by atoms with Crippen molar-refractivity contribution >= 4 is 46.6 Å². The summed E-state index contributed by atoms with van der Waals surface area (Å²) in [6, 6.07) is 13.1. The van der Waals surface area contributed by atoms with E-state index in [9.17, 15) is 19.5 Å². The standard InChI is InChI=1S/C40H46Cl2N8O5/c1-48-32-13-17-50(40(54)24-11-15-49(16-12-24)18-19-51)23-31(32)46-38(48)39(53)47-30-5-3-4-28(35(30)41)29-10-14-44-37(36(29)42)25-6-7-26(33(20-25)55-2)21-43-22-27-8-9-34(52)45-27/h3-7,10,14,20,24,27,43,51H,8-9,11-13,15-19,21-23H2,1-2H3,(H,45,52)(H,47,53). The molecular weight excluding hydrogens is 743 g/mol. The van der Waals surface area contributed by atoms with E-state index in [1.54, 1.807) is 36.1 Å². The molecule has 290 valence electrons. The fraction of sp³-hybridized carbons (Fsp3) is 0.425. The van der Waals surface area contributed by atoms with Crippen molar-refractivity contribution in [1.82, 2.24) is 35.0 Å². The largest absolute Gasteiger partial charge is 0.496 e. The van der Waals surface area contributed by atoms with Crippen LogP contribution in [0.4, 0.5) is 5.69 Å². The normalized spacial score (nSPS) is 17.6. The highest BCUT2D eigenvalue weighted by Crippen LogP contribution is 2.41. The van der Waals surface area contributed by atoms with Gasteiger partial charge in [0.25, 0.3) is 5.91 Å². The van der Waals surface area contributed by atoms with Crippen LogP contribution in [0, 0.1) is 5.92 Å². The lowest BCUT2D eigenvalue weighted by molar-refractivity contribution is -0.138. The number of rotatable bonds is 12. The van der Waals surface area contributed by atoms with E-state index in [-0.39, 0.29) is 36.2 Å². The van der Waals surface area contributed by atoms with Crippen molar-refractivity contribution in [2.45, 2.75) is 51.2 Å². The van der Waals surface area contributed by atoms with E-state index in [4.69, 9.17) is 32.9 Å². The summed E-state index contributed by atoms with van der Waals surface area (Å²) < 4.78 is 7.52. The third kappa shape index (κ3) is 8.36. The molecule has 0 radical (unpaired) electrons. The quantitative estimate of drug-likeness (QED) is 0.160. The Balaban J connectivity index is 1.04. The van der Waals surface area contributed by atoms with Gasteiger partial charge in [0.15, 0.2) is 5.82 Å². The van der Waals surface area contributed by atoms with Crippen LogP contribution < -0.4 is 20.7 Å². The number of amides is 3. The van der Waals surface area contributed by atoms with Gasteiger partial charge in [0.2, 0.25) is 11.8 Å². The number of aromatic nitrogens is 3. The van der Waals surface area contributed by atoms with Crippen LogP contribution in [-0.4, -0.2) is 99.6 Å². The number of nitrogens with zero attached hydrogens (tertiary/aromatic N) is 5. The van der Waals surface area contributed by atoms with Gasteiger partial charge in [-0.3, -0.25) is 19.4 Å². The van der Waals surface area contributed by atoms with Crippen LogP contribution in [-0.2, 0) is 36.1 Å². The number of piperidine rings is 1. The smallest absolute Gasteiger partial charge is 0.291 e. The van der Waals surface area contributed by atoms with Crippen LogP contribution in [0.25, 0.3) is 22.4 Å². The molecule has 15 heteroatoms. The van der Waals surface area contributed by atoms with E-state index in [1.165, 1.54) is 0 Å². The minimum absolute atomic E-state index is 0.0437. The Kier molecular flexibility index (Phi) is 12.0. The molecule has 55 heavy (non-hydrogen) atoms. The number of β-amino-alcohol motifs (C(OH)–C–C–N with tert-alkyl or cyclic N) is 1. The molecule has 2 fully saturated rings. The number of halogens is 2. The molecule has 13 nitrogen and oxygen atoms in total. The number of hydrogen-bond acceptors (Lipinski definition) is 9. The van der Waals surface area contributed by atoms with Crippen molar-refractivity contribution in [2.24, 2.45) is 13.0 Å². The fourth-order valence-electron chi connectivity index (χ4n) is 7.84. The third-order valence-corrected chi connectivity index (χ3v) is 11.7. The van der Waals surface area contributed by atoms with Crippen LogP contribution in [0.3, 0.4) is 0 Å². The van der Waals surface area contributed by atoms with Gasteiger partial charge in [-0.15, -0.1) is 0 Å². The van der Waals surface area contributed by atoms with Gasteiger partial charge >= 0.3 is 0 Å². The molecule has 0 spiro atoms. The lowest BCUT2D eigenvalue weighted by atomic mass is 9.94. The number of nitrogens with one attached hydrogen (secondary N) is 3. The molecule has 3 aliphatic heterocycles. The van der Waals surface area contributed by atoms with Gasteiger partial charge in [0.1, 0.15) is 5.75 Å². The predicted octanol–water partition coefficient (Wildman–Crippen LogP) is 4.67. The maximum Gasteiger partial charge on any atom is 0.291 e. The number of imidazole rings is 1. The summed E-state index contributed by atoms with van der Waals surface area (Å²) in [4.78, 5) is 52.0. The van der Waals surface area contributed by atoms with Crippen LogP contribution in [0.1, 0.15) is 53.3 Å². The number of methoxy groups -OCH3 is 1. The van der Waals surface area contributed by atoms with Crippen LogP contribution in [0.2, 0.25) is 10.0 Å². The Morgan fingerprint density at radius 1 is 1.04 bits per heavy atom. The molecule has 2 aromatic heterocycles. The molecule has 1 unspecified atom stereocenters. The molecule has 2 saturated heterocycles. The van der Waals surface area contributed by atoms with Gasteiger partial charge in [0, 0.05) is 92.2 Å². The number of ether oxygens (including phenoxy) is 1. The topological polar surface area (TPSA) is 154 Å². The first-order valence-corrected chi connectivity index (χ1v) is 19.5. The highest BCUT2D eigenvalue weighted by Gasteiger charge is 2.33. The number of pyridine rings is 1. The molecule has 0 aliphatic carbocycles. The molecule has 4 aromatic rings. The first-order valence-electron chi connectivity index (χ1n) is 18.7. The first kappa shape index (κ1) is 38.7. The van der Waals surface area contributed by atoms with Crippen molar-refractivity contribution < 1.29 is 24.2 Å². The molecule has 7 rings (SSSR count). The lowest BCUT2D eigenvalue weighted by Crippen LogP contribution is -2.44. The van der Waals surface area contributed by atoms with Crippen molar-refractivity contribution in [3.63, 3.8) is 0 Å². The average molecular weight is 790 g/mol. The van der Waals surface area contributed by atoms with Gasteiger partial charge in [0.05, 0.1) is 47.4 Å². The number of aliphatic hydroxyl groups excluding tert-OH is 1. The fourth-order valence-corrected chi connectivity index (χ4v) is 8.44. The number of carbonyl (C=O) groups is 3. The van der Waals surface area contributed by atoms with Gasteiger partial charge in [-0.25, -0.2) is 4.98 Å². The van der Waals surface area contributed by atoms with Crippen molar-refractivity contribution in [3.8, 4) is 28.1 Å². The van der Waals surface area contributed by atoms with Gasteiger partial charge in [-0.1, -0.05) is 47.5 Å². The van der Waals surface area contributed by atoms with Crippen LogP contribution in [0.15, 0.2) is 48.7 Å². The van der Waals surface area contributed by atoms with Crippen molar-refractivity contribution in [1.29, 1.82) is 0 Å². The lowest BCUT2D eigenvalue weighted by Gasteiger charge is -2.35. The predicted molar refractivity (Wildman–Crippen MR) is 211 cm³/mol. The zero-order chi connectivity index (χ0) is 38.6. The highest BCUT2D eigenvalue weighted by atomic mass is 35.5. The number of aliphatic hydroxyl groups is 1. The summed E-state index contributed by atoms with van der Waals surface area (Å²) >= 11 is 14.0. The zero-order valence-corrected chi connectivity index (χ0v) is 32.5. The number of likely N-dealkylation sites (tertiary alicyclic amines) is 1. The summed E-state index contributed by atoms with van der Waals surface area (Å²) in [6.45, 7) is 4.53. The van der Waals surface area contributed by atoms with E-state index in [0.717, 1.165) is 54.9 Å². The third-order valence-electron chi connectivity index (χ3n) is 10.9. The Labute approximate surface area is 330 Å². The van der Waals surface area contributed by atoms with E-state index in [2.05, 4.69) is 25.8 Å². The maximum absolute atomic E-state index is 13.7. The monoisotopic (exact) mass is 788 g/mol. The van der Waals surface area contributed by atoms with E-state index >= 15 is 0 Å². The summed E-state index contributed by atoms with van der Waals surface area (Å²) in [5.74, 6) is 0.674. The SMILES string of the molecule is COc1cc(-c2nccc(-c3cccc(NC(=O)c4nc5c(n4C)CCN(C(=O)C4CCN(CCO)CC4)C5)c3Cl)c2Cl)ccc1CNCC1CCC(=O)N1. The summed E-state index contributed by atoms with van der Waals surface area (Å²) in [7, 11) is 3.44. The molecule has 1 atom stereocenters. The average Bonchev–Trinajstić information content (AvgIpc) is 3.77. The Bertz CT molecular complexity index is 2080. The second-order valence-corrected chi connectivity index (χ2v) is 15.1. The Morgan fingerprint density at radius 3 is 2.58 bits per heavy atom. The summed E-state index contributed by atoms with van der Waals surface area (Å²) in [5, 5.41) is 19.3. The molecule has 0 bridgehead atoms. The van der Waals surface area contributed by atoms with E-state index < -0.39 is 5.91 Å². The zero-order valence-electron chi connectivity index (χ0n) is 31.0. The minimum Gasteiger partial charge on any atom is -0.496 e. The molecule has 3 amide bonds. The minimum atomic E-state index is -0.415. The second kappa shape index (κ2) is 17.1. The summed E-state index contributed by atoms with van der Waals surface area (Å²) in [5.41, 5.74) is 5.60. The number of carbonyl (C=O) groups excluding carboxylic acids is 3. The Hall–Kier alpha value is -4.53. The van der Waals surface area contributed by atoms with E-state index in [1.807, 2.05) is 36.2 Å². The summed E-state index contributed by atoms with van der Waals surface area (Å²) in [6.07, 6.45) is 5.20. The molecule has 3 aliphatic rings. The van der Waals surface area contributed by atoms with Crippen LogP contribution in [0.5, 0.6) is 5.75 Å². The molecular formula is C40H46Cl2N8O5. The van der Waals surface area contributed by atoms with E-state index in [0.29, 0.717) is 83.9 Å². The maximum atomic E-state index is 13.7. The number of anilines is 1. The van der Waals surface area contributed by atoms with Crippen molar-refractivity contribution in [2.75, 3.05) is 51.8 Å². The van der Waals surface area contributed by atoms with Gasteiger partial charge < -0.3 is 40.2 Å². The van der Waals surface area contributed by atoms with Gasteiger partial charge in [-0.2, -0.15) is 0 Å². The number of hydrogen-bond donors (Lipinski definition) is 4. The Morgan fingerprint density at radius 2 is 1.84 bits per heavy atom. The first-order chi connectivity index (χ1) is 26.6. The highest BCUT2D eigenvalue weighted by molar-refractivity contribution is 6.39. The number of benzene rings is 2.